The van der Waals surface area contributed by atoms with Gasteiger partial charge in [-0.2, -0.15) is 4.98 Å². The zero-order chi connectivity index (χ0) is 19.3. The summed E-state index contributed by atoms with van der Waals surface area (Å²) in [5.41, 5.74) is 2.33. The topological polar surface area (TPSA) is 57.2 Å². The van der Waals surface area contributed by atoms with E-state index in [1.165, 1.54) is 5.56 Å². The minimum atomic E-state index is 0.437. The molecule has 4 rings (SSSR count). The first kappa shape index (κ1) is 18.2. The lowest BCUT2D eigenvalue weighted by Gasteiger charge is -2.36. The summed E-state index contributed by atoms with van der Waals surface area (Å²) in [5, 5.41) is 3.40. The Bertz CT molecular complexity index is 904. The van der Waals surface area contributed by atoms with Crippen molar-refractivity contribution >= 4 is 23.3 Å². The number of rotatable bonds is 5. The molecule has 2 aromatic heterocycles. The summed E-state index contributed by atoms with van der Waals surface area (Å²) in [6.45, 7) is 8.07. The molecule has 0 amide bonds. The maximum atomic E-state index is 4.76. The smallest absolute Gasteiger partial charge is 0.229 e. The summed E-state index contributed by atoms with van der Waals surface area (Å²) < 4.78 is 0. The first-order valence-electron chi connectivity index (χ1n) is 9.80. The predicted octanol–water partition coefficient (Wildman–Crippen LogP) is 4.07. The third-order valence-corrected chi connectivity index (χ3v) is 5.05. The number of para-hydroxylation sites is 1. The van der Waals surface area contributed by atoms with Crippen LogP contribution in [-0.4, -0.2) is 41.1 Å². The van der Waals surface area contributed by atoms with E-state index in [2.05, 4.69) is 63.2 Å². The van der Waals surface area contributed by atoms with E-state index >= 15 is 0 Å². The normalized spacial score (nSPS) is 14.4. The first-order valence-corrected chi connectivity index (χ1v) is 9.80. The molecule has 3 heterocycles. The molecule has 0 unspecified atom stereocenters. The van der Waals surface area contributed by atoms with Crippen LogP contribution in [-0.2, 0) is 0 Å². The second kappa shape index (κ2) is 8.25. The minimum Gasteiger partial charge on any atom is -0.353 e. The van der Waals surface area contributed by atoms with E-state index in [9.17, 15) is 0 Å². The van der Waals surface area contributed by atoms with Gasteiger partial charge in [0, 0.05) is 44.3 Å². The number of nitrogens with zero attached hydrogens (tertiary/aromatic N) is 5. The number of anilines is 4. The van der Waals surface area contributed by atoms with Crippen LogP contribution in [0.3, 0.4) is 0 Å². The van der Waals surface area contributed by atoms with Gasteiger partial charge in [0.15, 0.2) is 0 Å². The Morgan fingerprint density at radius 2 is 1.50 bits per heavy atom. The summed E-state index contributed by atoms with van der Waals surface area (Å²) >= 11 is 0. The van der Waals surface area contributed by atoms with Crippen molar-refractivity contribution in [1.82, 2.24) is 15.0 Å². The van der Waals surface area contributed by atoms with Crippen molar-refractivity contribution in [3.63, 3.8) is 0 Å². The van der Waals surface area contributed by atoms with Gasteiger partial charge in [0.05, 0.1) is 0 Å². The van der Waals surface area contributed by atoms with Crippen LogP contribution in [0.15, 0.2) is 60.9 Å². The van der Waals surface area contributed by atoms with Crippen LogP contribution in [0.4, 0.5) is 23.3 Å². The maximum Gasteiger partial charge on any atom is 0.229 e. The van der Waals surface area contributed by atoms with Crippen LogP contribution in [0.2, 0.25) is 0 Å². The molecule has 1 N–H and O–H groups in total. The number of nitrogens with one attached hydrogen (secondary N) is 1. The van der Waals surface area contributed by atoms with Crippen LogP contribution in [0.25, 0.3) is 0 Å². The molecule has 0 saturated carbocycles. The van der Waals surface area contributed by atoms with Gasteiger partial charge < -0.3 is 15.1 Å². The molecule has 1 aromatic carbocycles. The lowest BCUT2D eigenvalue weighted by atomic mass is 10.0. The molecule has 1 saturated heterocycles. The molecule has 3 aromatic rings. The Labute approximate surface area is 166 Å². The monoisotopic (exact) mass is 374 g/mol. The number of benzene rings is 1. The fourth-order valence-electron chi connectivity index (χ4n) is 3.53. The zero-order valence-electron chi connectivity index (χ0n) is 16.4. The average Bonchev–Trinajstić information content (AvgIpc) is 2.75. The molecule has 28 heavy (non-hydrogen) atoms. The third kappa shape index (κ3) is 4.06. The highest BCUT2D eigenvalue weighted by Gasteiger charge is 2.19. The summed E-state index contributed by atoms with van der Waals surface area (Å²) in [4.78, 5) is 18.3. The molecule has 0 radical (unpaired) electrons. The van der Waals surface area contributed by atoms with Gasteiger partial charge in [0.2, 0.25) is 5.95 Å². The standard InChI is InChI=1S/C22H26N6/c1-17(2)18-7-3-4-8-19(18)25-22-24-12-10-21(26-22)28-15-13-27(14-16-28)20-9-5-6-11-23-20/h3-12,17H,13-16H2,1-2H3,(H,24,25,26). The van der Waals surface area contributed by atoms with Gasteiger partial charge in [-0.1, -0.05) is 38.1 Å². The highest BCUT2D eigenvalue weighted by molar-refractivity contribution is 5.60. The largest absolute Gasteiger partial charge is 0.353 e. The van der Waals surface area contributed by atoms with Gasteiger partial charge in [0.1, 0.15) is 11.6 Å². The molecular formula is C22H26N6. The van der Waals surface area contributed by atoms with Crippen LogP contribution in [0, 0.1) is 0 Å². The van der Waals surface area contributed by atoms with Crippen molar-refractivity contribution in [2.24, 2.45) is 0 Å². The molecule has 0 atom stereocenters. The maximum absolute atomic E-state index is 4.76. The lowest BCUT2D eigenvalue weighted by molar-refractivity contribution is 0.641. The van der Waals surface area contributed by atoms with Crippen LogP contribution in [0.5, 0.6) is 0 Å². The summed E-state index contributed by atoms with van der Waals surface area (Å²) in [7, 11) is 0. The number of piperazine rings is 1. The average molecular weight is 374 g/mol. The van der Waals surface area contributed by atoms with E-state index in [0.29, 0.717) is 11.9 Å². The first-order chi connectivity index (χ1) is 13.7. The summed E-state index contributed by atoms with van der Waals surface area (Å²) in [5.74, 6) is 3.07. The van der Waals surface area contributed by atoms with Gasteiger partial charge >= 0.3 is 0 Å². The van der Waals surface area contributed by atoms with Crippen molar-refractivity contribution in [2.45, 2.75) is 19.8 Å². The number of hydrogen-bond acceptors (Lipinski definition) is 6. The molecule has 0 aliphatic carbocycles. The highest BCUT2D eigenvalue weighted by Crippen LogP contribution is 2.26. The Hall–Kier alpha value is -3.15. The predicted molar refractivity (Wildman–Crippen MR) is 115 cm³/mol. The second-order valence-corrected chi connectivity index (χ2v) is 7.27. The second-order valence-electron chi connectivity index (χ2n) is 7.27. The third-order valence-electron chi connectivity index (χ3n) is 5.05. The van der Waals surface area contributed by atoms with Gasteiger partial charge in [-0.25, -0.2) is 9.97 Å². The molecule has 1 aliphatic heterocycles. The zero-order valence-corrected chi connectivity index (χ0v) is 16.4. The Kier molecular flexibility index (Phi) is 5.37. The van der Waals surface area contributed by atoms with Crippen molar-refractivity contribution in [3.8, 4) is 0 Å². The number of pyridine rings is 1. The Morgan fingerprint density at radius 1 is 0.786 bits per heavy atom. The quantitative estimate of drug-likeness (QED) is 0.727. The molecule has 0 bridgehead atoms. The van der Waals surface area contributed by atoms with Crippen molar-refractivity contribution in [3.05, 3.63) is 66.5 Å². The lowest BCUT2D eigenvalue weighted by Crippen LogP contribution is -2.47. The number of hydrogen-bond donors (Lipinski definition) is 1. The Morgan fingerprint density at radius 3 is 2.21 bits per heavy atom. The molecule has 1 aliphatic rings. The van der Waals surface area contributed by atoms with Crippen molar-refractivity contribution in [1.29, 1.82) is 0 Å². The van der Waals surface area contributed by atoms with E-state index in [1.807, 2.05) is 36.7 Å². The number of aromatic nitrogens is 3. The summed E-state index contributed by atoms with van der Waals surface area (Å²) in [6, 6.07) is 16.4. The highest BCUT2D eigenvalue weighted by atomic mass is 15.3. The fourth-order valence-corrected chi connectivity index (χ4v) is 3.53. The van der Waals surface area contributed by atoms with Gasteiger partial charge in [-0.3, -0.25) is 0 Å². The van der Waals surface area contributed by atoms with Crippen molar-refractivity contribution in [2.75, 3.05) is 41.3 Å². The van der Waals surface area contributed by atoms with Crippen LogP contribution in [0.1, 0.15) is 25.3 Å². The van der Waals surface area contributed by atoms with Gasteiger partial charge in [-0.15, -0.1) is 0 Å². The molecular weight excluding hydrogens is 348 g/mol. The molecule has 0 spiro atoms. The minimum absolute atomic E-state index is 0.437. The fraction of sp³-hybridized carbons (Fsp3) is 0.318. The molecule has 6 heteroatoms. The summed E-state index contributed by atoms with van der Waals surface area (Å²) in [6.07, 6.45) is 3.67. The molecule has 6 nitrogen and oxygen atoms in total. The van der Waals surface area contributed by atoms with Crippen molar-refractivity contribution < 1.29 is 0 Å². The van der Waals surface area contributed by atoms with Crippen LogP contribution >= 0.6 is 0 Å². The molecule has 144 valence electrons. The van der Waals surface area contributed by atoms with E-state index in [1.54, 1.807) is 0 Å². The van der Waals surface area contributed by atoms with E-state index in [-0.39, 0.29) is 0 Å². The molecule has 1 fully saturated rings. The van der Waals surface area contributed by atoms with Gasteiger partial charge in [0.25, 0.3) is 0 Å². The van der Waals surface area contributed by atoms with E-state index < -0.39 is 0 Å². The SMILES string of the molecule is CC(C)c1ccccc1Nc1nccc(N2CCN(c3ccccn3)CC2)n1. The van der Waals surface area contributed by atoms with Gasteiger partial charge in [-0.05, 0) is 35.7 Å². The van der Waals surface area contributed by atoms with E-state index in [0.717, 1.165) is 43.5 Å². The van der Waals surface area contributed by atoms with Crippen LogP contribution < -0.4 is 15.1 Å². The Balaban J connectivity index is 1.45. The van der Waals surface area contributed by atoms with E-state index in [4.69, 9.17) is 4.98 Å².